The van der Waals surface area contributed by atoms with Crippen LogP contribution in [0.2, 0.25) is 0 Å². The fraction of sp³-hybridized carbons (Fsp3) is 0.818. The minimum atomic E-state index is -0.488. The molecule has 0 saturated carbocycles. The Morgan fingerprint density at radius 1 is 1.62 bits per heavy atom. The second-order valence-corrected chi connectivity index (χ2v) is 4.93. The van der Waals surface area contributed by atoms with Crippen LogP contribution in [0, 0.1) is 0 Å². The van der Waals surface area contributed by atoms with Crippen LogP contribution in [0.15, 0.2) is 0 Å². The van der Waals surface area contributed by atoms with Crippen molar-refractivity contribution >= 4 is 11.8 Å². The summed E-state index contributed by atoms with van der Waals surface area (Å²) in [5, 5.41) is 3.00. The maximum atomic E-state index is 12.1. The van der Waals surface area contributed by atoms with Gasteiger partial charge in [-0.3, -0.25) is 9.59 Å². The number of piperidine rings is 1. The predicted molar refractivity (Wildman–Crippen MR) is 61.7 cm³/mol. The minimum Gasteiger partial charge on any atom is -0.370 e. The van der Waals surface area contributed by atoms with Gasteiger partial charge in [0, 0.05) is 18.5 Å². The fourth-order valence-electron chi connectivity index (χ4n) is 2.27. The summed E-state index contributed by atoms with van der Waals surface area (Å²) in [5.74, 6) is -0.301. The van der Waals surface area contributed by atoms with Crippen molar-refractivity contribution in [3.05, 3.63) is 0 Å². The van der Waals surface area contributed by atoms with Gasteiger partial charge in [-0.2, -0.15) is 0 Å². The maximum Gasteiger partial charge on any atom is 0.240 e. The number of primary amides is 1. The number of likely N-dealkylation sites (tertiary alicyclic amines) is 1. The summed E-state index contributed by atoms with van der Waals surface area (Å²) in [5.41, 5.74) is 4.72. The standard InChI is InChI=1S/C11H21N3O2/c1-11(2,7-9(12)15)14-6-4-5-8(13-3)10(14)16/h8,13H,4-7H2,1-3H3,(H2,12,15). The third-order valence-corrected chi connectivity index (χ3v) is 3.12. The number of carbonyl (C=O) groups is 2. The number of nitrogens with one attached hydrogen (secondary N) is 1. The third-order valence-electron chi connectivity index (χ3n) is 3.12. The first kappa shape index (κ1) is 13.0. The van der Waals surface area contributed by atoms with E-state index in [4.69, 9.17) is 5.73 Å². The van der Waals surface area contributed by atoms with E-state index in [-0.39, 0.29) is 24.3 Å². The van der Waals surface area contributed by atoms with Crippen molar-refractivity contribution in [1.29, 1.82) is 0 Å². The molecule has 1 unspecified atom stereocenters. The molecule has 0 aromatic rings. The van der Waals surface area contributed by atoms with Crippen molar-refractivity contribution in [3.63, 3.8) is 0 Å². The number of hydrogen-bond acceptors (Lipinski definition) is 3. The summed E-state index contributed by atoms with van der Waals surface area (Å²) in [7, 11) is 1.78. The second kappa shape index (κ2) is 4.82. The van der Waals surface area contributed by atoms with Gasteiger partial charge in [-0.15, -0.1) is 0 Å². The van der Waals surface area contributed by atoms with Crippen LogP contribution in [0.25, 0.3) is 0 Å². The van der Waals surface area contributed by atoms with Gasteiger partial charge in [0.15, 0.2) is 0 Å². The predicted octanol–water partition coefficient (Wildman–Crippen LogP) is -0.149. The van der Waals surface area contributed by atoms with Crippen molar-refractivity contribution in [2.45, 2.75) is 44.7 Å². The molecular formula is C11H21N3O2. The Bertz CT molecular complexity index is 289. The molecule has 0 aliphatic carbocycles. The van der Waals surface area contributed by atoms with Crippen LogP contribution in [-0.2, 0) is 9.59 Å². The van der Waals surface area contributed by atoms with Crippen LogP contribution in [0.4, 0.5) is 0 Å². The summed E-state index contributed by atoms with van der Waals surface area (Å²) in [6.45, 7) is 4.47. The molecule has 1 saturated heterocycles. The van der Waals surface area contributed by atoms with E-state index < -0.39 is 5.54 Å². The highest BCUT2D eigenvalue weighted by Crippen LogP contribution is 2.24. The molecule has 1 heterocycles. The molecule has 1 rings (SSSR count). The van der Waals surface area contributed by atoms with Crippen LogP contribution < -0.4 is 11.1 Å². The molecular weight excluding hydrogens is 206 g/mol. The Morgan fingerprint density at radius 3 is 2.75 bits per heavy atom. The van der Waals surface area contributed by atoms with Gasteiger partial charge in [0.2, 0.25) is 11.8 Å². The summed E-state index contributed by atoms with van der Waals surface area (Å²) in [6, 6.07) is -0.124. The Kier molecular flexibility index (Phi) is 3.91. The molecule has 0 radical (unpaired) electrons. The first-order chi connectivity index (χ1) is 7.38. The third kappa shape index (κ3) is 2.72. The first-order valence-electron chi connectivity index (χ1n) is 5.65. The molecule has 0 spiro atoms. The SMILES string of the molecule is CNC1CCCN(C(C)(C)CC(N)=O)C1=O. The highest BCUT2D eigenvalue weighted by Gasteiger charge is 2.37. The van der Waals surface area contributed by atoms with Crippen molar-refractivity contribution in [2.24, 2.45) is 5.73 Å². The number of rotatable bonds is 4. The molecule has 0 aromatic carbocycles. The van der Waals surface area contributed by atoms with Gasteiger partial charge in [0.1, 0.15) is 0 Å². The summed E-state index contributed by atoms with van der Waals surface area (Å²) < 4.78 is 0. The van der Waals surface area contributed by atoms with E-state index >= 15 is 0 Å². The highest BCUT2D eigenvalue weighted by molar-refractivity contribution is 5.84. The minimum absolute atomic E-state index is 0.0694. The number of likely N-dealkylation sites (N-methyl/N-ethyl adjacent to an activating group) is 1. The lowest BCUT2D eigenvalue weighted by Gasteiger charge is -2.42. The van der Waals surface area contributed by atoms with Crippen LogP contribution >= 0.6 is 0 Å². The molecule has 1 atom stereocenters. The average molecular weight is 227 g/mol. The largest absolute Gasteiger partial charge is 0.370 e. The summed E-state index contributed by atoms with van der Waals surface area (Å²) in [4.78, 5) is 24.8. The monoisotopic (exact) mass is 227 g/mol. The second-order valence-electron chi connectivity index (χ2n) is 4.93. The molecule has 0 aromatic heterocycles. The van der Waals surface area contributed by atoms with Gasteiger partial charge in [-0.25, -0.2) is 0 Å². The van der Waals surface area contributed by atoms with Gasteiger partial charge in [-0.1, -0.05) is 0 Å². The Balaban J connectivity index is 2.77. The molecule has 2 amide bonds. The zero-order valence-electron chi connectivity index (χ0n) is 10.2. The van der Waals surface area contributed by atoms with Crippen LogP contribution in [0.5, 0.6) is 0 Å². The Morgan fingerprint density at radius 2 is 2.25 bits per heavy atom. The number of carbonyl (C=O) groups excluding carboxylic acids is 2. The summed E-state index contributed by atoms with van der Waals surface area (Å²) in [6.07, 6.45) is 2.02. The van der Waals surface area contributed by atoms with Gasteiger partial charge < -0.3 is 16.0 Å². The Labute approximate surface area is 96.4 Å². The van der Waals surface area contributed by atoms with Gasteiger partial charge >= 0.3 is 0 Å². The molecule has 0 bridgehead atoms. The molecule has 92 valence electrons. The average Bonchev–Trinajstić information content (AvgIpc) is 2.15. The molecule has 5 heteroatoms. The normalized spacial score (nSPS) is 22.3. The Hall–Kier alpha value is -1.10. The topological polar surface area (TPSA) is 75.4 Å². The van der Waals surface area contributed by atoms with E-state index in [0.29, 0.717) is 6.54 Å². The number of nitrogens with two attached hydrogens (primary N) is 1. The molecule has 1 aliphatic heterocycles. The van der Waals surface area contributed by atoms with E-state index in [1.54, 1.807) is 11.9 Å². The maximum absolute atomic E-state index is 12.1. The lowest BCUT2D eigenvalue weighted by molar-refractivity contribution is -0.142. The highest BCUT2D eigenvalue weighted by atomic mass is 16.2. The summed E-state index contributed by atoms with van der Waals surface area (Å²) >= 11 is 0. The molecule has 1 aliphatic rings. The van der Waals surface area contributed by atoms with Gasteiger partial charge in [0.05, 0.1) is 6.04 Å². The van der Waals surface area contributed by atoms with Crippen LogP contribution in [-0.4, -0.2) is 41.9 Å². The van der Waals surface area contributed by atoms with E-state index in [9.17, 15) is 9.59 Å². The van der Waals surface area contributed by atoms with E-state index in [0.717, 1.165) is 12.8 Å². The number of hydrogen-bond donors (Lipinski definition) is 2. The van der Waals surface area contributed by atoms with E-state index in [1.807, 2.05) is 13.8 Å². The number of amides is 2. The molecule has 1 fully saturated rings. The van der Waals surface area contributed by atoms with Crippen molar-refractivity contribution < 1.29 is 9.59 Å². The van der Waals surface area contributed by atoms with Gasteiger partial charge in [-0.05, 0) is 33.7 Å². The fourth-order valence-corrected chi connectivity index (χ4v) is 2.27. The van der Waals surface area contributed by atoms with Crippen molar-refractivity contribution in [1.82, 2.24) is 10.2 Å². The van der Waals surface area contributed by atoms with Crippen LogP contribution in [0.1, 0.15) is 33.1 Å². The zero-order valence-corrected chi connectivity index (χ0v) is 10.2. The van der Waals surface area contributed by atoms with E-state index in [1.165, 1.54) is 0 Å². The zero-order chi connectivity index (χ0) is 12.3. The van der Waals surface area contributed by atoms with Crippen molar-refractivity contribution in [3.8, 4) is 0 Å². The first-order valence-corrected chi connectivity index (χ1v) is 5.65. The lowest BCUT2D eigenvalue weighted by Crippen LogP contribution is -2.58. The smallest absolute Gasteiger partial charge is 0.240 e. The van der Waals surface area contributed by atoms with Crippen LogP contribution in [0.3, 0.4) is 0 Å². The van der Waals surface area contributed by atoms with E-state index in [2.05, 4.69) is 5.32 Å². The van der Waals surface area contributed by atoms with Gasteiger partial charge in [0.25, 0.3) is 0 Å². The molecule has 3 N–H and O–H groups in total. The van der Waals surface area contributed by atoms with Crippen molar-refractivity contribution in [2.75, 3.05) is 13.6 Å². The molecule has 16 heavy (non-hydrogen) atoms. The lowest BCUT2D eigenvalue weighted by atomic mass is 9.92. The number of nitrogens with zero attached hydrogens (tertiary/aromatic N) is 1. The molecule has 5 nitrogen and oxygen atoms in total. The quantitative estimate of drug-likeness (QED) is 0.701.